The number of thiophene rings is 1. The van der Waals surface area contributed by atoms with Crippen molar-refractivity contribution in [2.75, 3.05) is 39.8 Å². The van der Waals surface area contributed by atoms with Crippen LogP contribution in [0.5, 0.6) is 0 Å². The minimum Gasteiger partial charge on any atom is -0.357 e. The van der Waals surface area contributed by atoms with E-state index in [0.717, 1.165) is 57.9 Å². The predicted octanol–water partition coefficient (Wildman–Crippen LogP) is 3.48. The first kappa shape index (κ1) is 22.6. The Morgan fingerprint density at radius 2 is 2.03 bits per heavy atom. The van der Waals surface area contributed by atoms with Crippen LogP contribution in [0.25, 0.3) is 0 Å². The Labute approximate surface area is 191 Å². The summed E-state index contributed by atoms with van der Waals surface area (Å²) in [6.07, 6.45) is 8.06. The summed E-state index contributed by atoms with van der Waals surface area (Å²) in [5.41, 5.74) is 0. The lowest BCUT2D eigenvalue weighted by Gasteiger charge is -2.38. The summed E-state index contributed by atoms with van der Waals surface area (Å²) in [5.74, 6) is 2.10. The van der Waals surface area contributed by atoms with Crippen LogP contribution in [0.1, 0.15) is 62.8 Å². The van der Waals surface area contributed by atoms with E-state index in [1.165, 1.54) is 30.6 Å². The molecule has 172 valence electrons. The topological polar surface area (TPSA) is 60.0 Å². The van der Waals surface area contributed by atoms with E-state index in [-0.39, 0.29) is 5.92 Å². The summed E-state index contributed by atoms with van der Waals surface area (Å²) < 4.78 is 0. The number of nitrogens with zero attached hydrogens (tertiary/aromatic N) is 3. The van der Waals surface area contributed by atoms with E-state index in [4.69, 9.17) is 4.99 Å². The molecule has 1 saturated carbocycles. The molecule has 0 spiro atoms. The van der Waals surface area contributed by atoms with Crippen LogP contribution in [0.3, 0.4) is 0 Å². The highest BCUT2D eigenvalue weighted by atomic mass is 32.1. The van der Waals surface area contributed by atoms with Crippen LogP contribution in [-0.2, 0) is 4.79 Å². The maximum absolute atomic E-state index is 12.8. The van der Waals surface area contributed by atoms with Crippen molar-refractivity contribution in [1.29, 1.82) is 0 Å². The van der Waals surface area contributed by atoms with Crippen molar-refractivity contribution in [3.05, 3.63) is 22.4 Å². The van der Waals surface area contributed by atoms with E-state index in [2.05, 4.69) is 51.9 Å². The molecule has 0 aromatic carbocycles. The minimum atomic E-state index is 0.276. The van der Waals surface area contributed by atoms with Crippen molar-refractivity contribution >= 4 is 23.2 Å². The van der Waals surface area contributed by atoms with Gasteiger partial charge in [-0.25, -0.2) is 0 Å². The normalized spacial score (nSPS) is 28.3. The zero-order valence-electron chi connectivity index (χ0n) is 19.2. The third kappa shape index (κ3) is 5.61. The van der Waals surface area contributed by atoms with Gasteiger partial charge in [-0.2, -0.15) is 0 Å². The zero-order valence-corrected chi connectivity index (χ0v) is 20.0. The van der Waals surface area contributed by atoms with E-state index < -0.39 is 0 Å². The van der Waals surface area contributed by atoms with Gasteiger partial charge in [-0.3, -0.25) is 14.7 Å². The number of carbonyl (C=O) groups excluding carboxylic acids is 1. The Morgan fingerprint density at radius 3 is 2.77 bits per heavy atom. The summed E-state index contributed by atoms with van der Waals surface area (Å²) in [6, 6.07) is 5.19. The molecule has 31 heavy (non-hydrogen) atoms. The lowest BCUT2D eigenvalue weighted by Crippen LogP contribution is -2.46. The van der Waals surface area contributed by atoms with Crippen molar-refractivity contribution < 1.29 is 4.79 Å². The van der Waals surface area contributed by atoms with E-state index in [1.807, 2.05) is 11.3 Å². The number of nitrogens with one attached hydrogen (secondary N) is 2. The molecule has 2 N–H and O–H groups in total. The molecule has 1 aromatic rings. The van der Waals surface area contributed by atoms with Gasteiger partial charge in [-0.1, -0.05) is 18.9 Å². The Morgan fingerprint density at radius 1 is 1.19 bits per heavy atom. The summed E-state index contributed by atoms with van der Waals surface area (Å²) in [4.78, 5) is 23.8. The Balaban J connectivity index is 1.35. The third-order valence-corrected chi connectivity index (χ3v) is 8.16. The SMILES string of the molecule is CCNC(=NCC1CCCN(C)C1c1cccs1)NC1CCN(C(=O)C2CCCC2)C1. The first-order chi connectivity index (χ1) is 15.2. The first-order valence-electron chi connectivity index (χ1n) is 12.2. The second-order valence-corrected chi connectivity index (χ2v) is 10.4. The number of hydrogen-bond acceptors (Lipinski definition) is 4. The van der Waals surface area contributed by atoms with Gasteiger partial charge in [0.2, 0.25) is 5.91 Å². The van der Waals surface area contributed by atoms with Gasteiger partial charge in [-0.05, 0) is 70.0 Å². The van der Waals surface area contributed by atoms with E-state index in [0.29, 0.717) is 23.9 Å². The van der Waals surface area contributed by atoms with E-state index in [1.54, 1.807) is 0 Å². The van der Waals surface area contributed by atoms with Crippen LogP contribution in [-0.4, -0.2) is 67.5 Å². The molecule has 1 aliphatic carbocycles. The van der Waals surface area contributed by atoms with Gasteiger partial charge in [0.15, 0.2) is 5.96 Å². The summed E-state index contributed by atoms with van der Waals surface area (Å²) in [6.45, 7) is 6.64. The quantitative estimate of drug-likeness (QED) is 0.520. The minimum absolute atomic E-state index is 0.276. The van der Waals surface area contributed by atoms with Crippen LogP contribution in [0.15, 0.2) is 22.5 Å². The number of aliphatic imine (C=N–C) groups is 1. The van der Waals surface area contributed by atoms with Gasteiger partial charge in [0.1, 0.15) is 0 Å². The van der Waals surface area contributed by atoms with Gasteiger partial charge in [0.25, 0.3) is 0 Å². The van der Waals surface area contributed by atoms with Crippen LogP contribution in [0, 0.1) is 11.8 Å². The molecule has 3 fully saturated rings. The average Bonchev–Trinajstić information content (AvgIpc) is 3.54. The molecule has 3 aliphatic rings. The lowest BCUT2D eigenvalue weighted by atomic mass is 9.88. The molecule has 6 nitrogen and oxygen atoms in total. The van der Waals surface area contributed by atoms with Crippen molar-refractivity contribution in [3.63, 3.8) is 0 Å². The standard InChI is InChI=1S/C24H39N5OS/c1-3-25-24(27-20-12-14-29(17-20)23(30)18-8-4-5-9-18)26-16-19-10-6-13-28(2)22(19)21-11-7-15-31-21/h7,11,15,18-20,22H,3-6,8-10,12-14,16-17H2,1-2H3,(H2,25,26,27). The van der Waals surface area contributed by atoms with Crippen molar-refractivity contribution in [3.8, 4) is 0 Å². The van der Waals surface area contributed by atoms with Crippen molar-refractivity contribution in [1.82, 2.24) is 20.4 Å². The molecular formula is C24H39N5OS. The number of hydrogen-bond donors (Lipinski definition) is 2. The molecule has 0 radical (unpaired) electrons. The molecule has 0 bridgehead atoms. The lowest BCUT2D eigenvalue weighted by molar-refractivity contribution is -0.134. The van der Waals surface area contributed by atoms with Crippen molar-refractivity contribution in [2.45, 2.75) is 64.0 Å². The van der Waals surface area contributed by atoms with E-state index >= 15 is 0 Å². The van der Waals surface area contributed by atoms with Gasteiger partial charge in [0.05, 0.1) is 0 Å². The Hall–Kier alpha value is -1.60. The Bertz CT molecular complexity index is 730. The summed E-state index contributed by atoms with van der Waals surface area (Å²) >= 11 is 1.86. The molecule has 2 aliphatic heterocycles. The second-order valence-electron chi connectivity index (χ2n) is 9.46. The highest BCUT2D eigenvalue weighted by Crippen LogP contribution is 2.37. The van der Waals surface area contributed by atoms with Crippen LogP contribution < -0.4 is 10.6 Å². The fraction of sp³-hybridized carbons (Fsp3) is 0.750. The fourth-order valence-electron chi connectivity index (χ4n) is 5.59. The van der Waals surface area contributed by atoms with Crippen molar-refractivity contribution in [2.24, 2.45) is 16.8 Å². The molecule has 7 heteroatoms. The molecule has 1 amide bonds. The van der Waals surface area contributed by atoms with E-state index in [9.17, 15) is 4.79 Å². The maximum Gasteiger partial charge on any atom is 0.225 e. The third-order valence-electron chi connectivity index (χ3n) is 7.22. The number of guanidine groups is 1. The van der Waals surface area contributed by atoms with Gasteiger partial charge < -0.3 is 15.5 Å². The summed E-state index contributed by atoms with van der Waals surface area (Å²) in [7, 11) is 2.25. The van der Waals surface area contributed by atoms with Crippen LogP contribution in [0.2, 0.25) is 0 Å². The number of piperidine rings is 1. The van der Waals surface area contributed by atoms with Crippen LogP contribution >= 0.6 is 11.3 Å². The molecule has 4 rings (SSSR count). The smallest absolute Gasteiger partial charge is 0.225 e. The molecule has 3 unspecified atom stereocenters. The highest BCUT2D eigenvalue weighted by molar-refractivity contribution is 7.10. The average molecular weight is 446 g/mol. The molecule has 3 heterocycles. The molecule has 1 aromatic heterocycles. The fourth-order valence-corrected chi connectivity index (χ4v) is 6.57. The molecular weight excluding hydrogens is 406 g/mol. The molecule has 2 saturated heterocycles. The Kier molecular flexibility index (Phi) is 7.88. The van der Waals surface area contributed by atoms with Gasteiger partial charge >= 0.3 is 0 Å². The van der Waals surface area contributed by atoms with Crippen LogP contribution in [0.4, 0.5) is 0 Å². The van der Waals surface area contributed by atoms with Gasteiger partial charge in [0, 0.05) is 49.1 Å². The number of amides is 1. The zero-order chi connectivity index (χ0) is 21.6. The maximum atomic E-state index is 12.8. The summed E-state index contributed by atoms with van der Waals surface area (Å²) in [5, 5.41) is 9.24. The highest BCUT2D eigenvalue weighted by Gasteiger charge is 2.33. The predicted molar refractivity (Wildman–Crippen MR) is 128 cm³/mol. The second kappa shape index (κ2) is 10.8. The first-order valence-corrected chi connectivity index (χ1v) is 13.1. The number of rotatable bonds is 6. The number of carbonyl (C=O) groups is 1. The monoisotopic (exact) mass is 445 g/mol. The van der Waals surface area contributed by atoms with Gasteiger partial charge in [-0.15, -0.1) is 11.3 Å². The largest absolute Gasteiger partial charge is 0.357 e. The number of likely N-dealkylation sites (tertiary alicyclic amines) is 2. The molecule has 3 atom stereocenters.